The molecule has 1 saturated heterocycles. The lowest BCUT2D eigenvalue weighted by Gasteiger charge is -2.30. The molecule has 2 N–H and O–H groups in total. The molecule has 0 radical (unpaired) electrons. The van der Waals surface area contributed by atoms with Gasteiger partial charge in [0.05, 0.1) is 5.92 Å². The van der Waals surface area contributed by atoms with Crippen molar-refractivity contribution in [3.63, 3.8) is 0 Å². The Kier molecular flexibility index (Phi) is 6.03. The minimum Gasteiger partial charge on any atom is -0.481 e. The van der Waals surface area contributed by atoms with Crippen molar-refractivity contribution in [2.45, 2.75) is 45.4 Å². The van der Waals surface area contributed by atoms with Gasteiger partial charge in [0.25, 0.3) is 0 Å². The van der Waals surface area contributed by atoms with Crippen LogP contribution in [-0.4, -0.2) is 48.1 Å². The third kappa shape index (κ3) is 4.99. The highest BCUT2D eigenvalue weighted by atomic mass is 16.4. The number of hydrogen-bond acceptors (Lipinski definition) is 3. The Morgan fingerprint density at radius 2 is 1.81 bits per heavy atom. The summed E-state index contributed by atoms with van der Waals surface area (Å²) < 4.78 is 0. The Morgan fingerprint density at radius 1 is 1.14 bits per heavy atom. The molecular weight excluding hydrogens is 268 g/mol. The maximum Gasteiger partial charge on any atom is 0.306 e. The molecular formula is C16H28N2O3. The zero-order valence-corrected chi connectivity index (χ0v) is 13.0. The van der Waals surface area contributed by atoms with E-state index in [-0.39, 0.29) is 17.7 Å². The molecule has 2 unspecified atom stereocenters. The summed E-state index contributed by atoms with van der Waals surface area (Å²) >= 11 is 0. The highest BCUT2D eigenvalue weighted by Gasteiger charge is 2.33. The molecule has 2 atom stereocenters. The number of carbonyl (C=O) groups is 2. The average Bonchev–Trinajstić information content (AvgIpc) is 2.95. The molecule has 5 nitrogen and oxygen atoms in total. The SMILES string of the molecule is CC1CCN(CCCNC(=O)C2CCC(C(=O)O)C2)CC1. The Balaban J connectivity index is 1.56. The fourth-order valence-corrected chi connectivity index (χ4v) is 3.39. The fourth-order valence-electron chi connectivity index (χ4n) is 3.39. The van der Waals surface area contributed by atoms with E-state index in [2.05, 4.69) is 17.1 Å². The maximum absolute atomic E-state index is 12.0. The van der Waals surface area contributed by atoms with Crippen LogP contribution in [0.1, 0.15) is 45.4 Å². The van der Waals surface area contributed by atoms with Gasteiger partial charge in [0.15, 0.2) is 0 Å². The molecule has 1 heterocycles. The molecule has 2 fully saturated rings. The highest BCUT2D eigenvalue weighted by Crippen LogP contribution is 2.31. The standard InChI is InChI=1S/C16H28N2O3/c1-12-5-9-18(10-6-12)8-2-7-17-15(19)13-3-4-14(11-13)16(20)21/h12-14H,2-11H2,1H3,(H,17,19)(H,20,21). The monoisotopic (exact) mass is 296 g/mol. The number of carbonyl (C=O) groups excluding carboxylic acids is 1. The summed E-state index contributed by atoms with van der Waals surface area (Å²) in [5, 5.41) is 11.9. The number of aliphatic carboxylic acids is 1. The summed E-state index contributed by atoms with van der Waals surface area (Å²) in [7, 11) is 0. The van der Waals surface area contributed by atoms with Crippen molar-refractivity contribution in [1.29, 1.82) is 0 Å². The largest absolute Gasteiger partial charge is 0.481 e. The van der Waals surface area contributed by atoms with Crippen LogP contribution >= 0.6 is 0 Å². The molecule has 120 valence electrons. The van der Waals surface area contributed by atoms with Crippen LogP contribution in [-0.2, 0) is 9.59 Å². The fraction of sp³-hybridized carbons (Fsp3) is 0.875. The second-order valence-corrected chi connectivity index (χ2v) is 6.71. The lowest BCUT2D eigenvalue weighted by atomic mass is 9.99. The molecule has 1 aliphatic carbocycles. The number of hydrogen-bond donors (Lipinski definition) is 2. The Labute approximate surface area is 127 Å². The van der Waals surface area contributed by atoms with Gasteiger partial charge in [-0.2, -0.15) is 0 Å². The zero-order chi connectivity index (χ0) is 15.2. The first-order chi connectivity index (χ1) is 10.1. The van der Waals surface area contributed by atoms with Crippen LogP contribution in [0.4, 0.5) is 0 Å². The second-order valence-electron chi connectivity index (χ2n) is 6.71. The van der Waals surface area contributed by atoms with Gasteiger partial charge in [-0.15, -0.1) is 0 Å². The van der Waals surface area contributed by atoms with Crippen LogP contribution in [0.25, 0.3) is 0 Å². The smallest absolute Gasteiger partial charge is 0.306 e. The van der Waals surface area contributed by atoms with Gasteiger partial charge in [0, 0.05) is 12.5 Å². The third-order valence-corrected chi connectivity index (χ3v) is 4.98. The van der Waals surface area contributed by atoms with E-state index in [0.29, 0.717) is 25.8 Å². The van der Waals surface area contributed by atoms with Gasteiger partial charge in [-0.25, -0.2) is 0 Å². The van der Waals surface area contributed by atoms with Crippen LogP contribution < -0.4 is 5.32 Å². The van der Waals surface area contributed by atoms with Gasteiger partial charge in [-0.3, -0.25) is 9.59 Å². The van der Waals surface area contributed by atoms with Gasteiger partial charge < -0.3 is 15.3 Å². The molecule has 0 spiro atoms. The molecule has 1 saturated carbocycles. The molecule has 21 heavy (non-hydrogen) atoms. The maximum atomic E-state index is 12.0. The minimum absolute atomic E-state index is 0.0472. The summed E-state index contributed by atoms with van der Waals surface area (Å²) in [6.07, 6.45) is 5.41. The molecule has 0 bridgehead atoms. The molecule has 0 aromatic rings. The molecule has 5 heteroatoms. The van der Waals surface area contributed by atoms with E-state index in [0.717, 1.165) is 18.9 Å². The first kappa shape index (κ1) is 16.3. The number of nitrogens with one attached hydrogen (secondary N) is 1. The summed E-state index contributed by atoms with van der Waals surface area (Å²) in [6, 6.07) is 0. The van der Waals surface area contributed by atoms with Crippen molar-refractivity contribution in [2.24, 2.45) is 17.8 Å². The normalized spacial score (nSPS) is 27.7. The topological polar surface area (TPSA) is 69.6 Å². The number of carboxylic acid groups (broad SMARTS) is 1. The van der Waals surface area contributed by atoms with E-state index in [1.165, 1.54) is 25.9 Å². The van der Waals surface area contributed by atoms with Gasteiger partial charge >= 0.3 is 5.97 Å². The predicted octanol–water partition coefficient (Wildman–Crippen LogP) is 1.73. The summed E-state index contributed by atoms with van der Waals surface area (Å²) in [4.78, 5) is 25.4. The van der Waals surface area contributed by atoms with Crippen LogP contribution in [0.3, 0.4) is 0 Å². The Hall–Kier alpha value is -1.10. The quantitative estimate of drug-likeness (QED) is 0.732. The zero-order valence-electron chi connectivity index (χ0n) is 13.0. The number of amides is 1. The van der Waals surface area contributed by atoms with Gasteiger partial charge in [0.1, 0.15) is 0 Å². The van der Waals surface area contributed by atoms with E-state index < -0.39 is 5.97 Å². The number of nitrogens with zero attached hydrogens (tertiary/aromatic N) is 1. The summed E-state index contributed by atoms with van der Waals surface area (Å²) in [6.45, 7) is 6.42. The van der Waals surface area contributed by atoms with Gasteiger partial charge in [-0.05, 0) is 64.1 Å². The lowest BCUT2D eigenvalue weighted by molar-refractivity contribution is -0.141. The van der Waals surface area contributed by atoms with Crippen LogP contribution in [0.2, 0.25) is 0 Å². The van der Waals surface area contributed by atoms with Gasteiger partial charge in [0.2, 0.25) is 5.91 Å². The van der Waals surface area contributed by atoms with E-state index in [9.17, 15) is 9.59 Å². The van der Waals surface area contributed by atoms with Crippen LogP contribution in [0, 0.1) is 17.8 Å². The molecule has 0 aromatic carbocycles. The van der Waals surface area contributed by atoms with Crippen molar-refractivity contribution < 1.29 is 14.7 Å². The van der Waals surface area contributed by atoms with Crippen molar-refractivity contribution in [1.82, 2.24) is 10.2 Å². The minimum atomic E-state index is -0.760. The first-order valence-electron chi connectivity index (χ1n) is 8.29. The second kappa shape index (κ2) is 7.78. The molecule has 1 aliphatic heterocycles. The molecule has 2 rings (SSSR count). The van der Waals surface area contributed by atoms with Crippen molar-refractivity contribution >= 4 is 11.9 Å². The molecule has 2 aliphatic rings. The Morgan fingerprint density at radius 3 is 2.43 bits per heavy atom. The highest BCUT2D eigenvalue weighted by molar-refractivity contribution is 5.80. The molecule has 1 amide bonds. The van der Waals surface area contributed by atoms with Crippen LogP contribution in [0.15, 0.2) is 0 Å². The number of carboxylic acids is 1. The van der Waals surface area contributed by atoms with Crippen molar-refractivity contribution in [3.8, 4) is 0 Å². The van der Waals surface area contributed by atoms with Crippen LogP contribution in [0.5, 0.6) is 0 Å². The van der Waals surface area contributed by atoms with E-state index >= 15 is 0 Å². The summed E-state index contributed by atoms with van der Waals surface area (Å²) in [5.41, 5.74) is 0. The predicted molar refractivity (Wildman–Crippen MR) is 80.9 cm³/mol. The van der Waals surface area contributed by atoms with E-state index in [1.54, 1.807) is 0 Å². The third-order valence-electron chi connectivity index (χ3n) is 4.98. The Bertz CT molecular complexity index is 365. The van der Waals surface area contributed by atoms with Crippen molar-refractivity contribution in [2.75, 3.05) is 26.2 Å². The van der Waals surface area contributed by atoms with Crippen molar-refractivity contribution in [3.05, 3.63) is 0 Å². The molecule has 0 aromatic heterocycles. The summed E-state index contributed by atoms with van der Waals surface area (Å²) in [5.74, 6) is -0.279. The lowest BCUT2D eigenvalue weighted by Crippen LogP contribution is -2.36. The van der Waals surface area contributed by atoms with E-state index in [4.69, 9.17) is 5.11 Å². The number of piperidine rings is 1. The van der Waals surface area contributed by atoms with Gasteiger partial charge in [-0.1, -0.05) is 6.92 Å². The number of rotatable bonds is 6. The van der Waals surface area contributed by atoms with E-state index in [1.807, 2.05) is 0 Å². The number of likely N-dealkylation sites (tertiary alicyclic amines) is 1. The first-order valence-corrected chi connectivity index (χ1v) is 8.29. The average molecular weight is 296 g/mol.